The van der Waals surface area contributed by atoms with E-state index in [0.29, 0.717) is 23.6 Å². The lowest BCUT2D eigenvalue weighted by Crippen LogP contribution is -2.28. The zero-order valence-electron chi connectivity index (χ0n) is 12.2. The van der Waals surface area contributed by atoms with Crippen LogP contribution < -0.4 is 10.1 Å². The number of nitrogens with zero attached hydrogens (tertiary/aromatic N) is 1. The molecule has 0 spiro atoms. The van der Waals surface area contributed by atoms with Gasteiger partial charge in [-0.2, -0.15) is 4.31 Å². The molecule has 1 aromatic carbocycles. The first-order chi connectivity index (χ1) is 9.47. The predicted octanol–water partition coefficient (Wildman–Crippen LogP) is 1.26. The number of hydrogen-bond acceptors (Lipinski definition) is 4. The standard InChI is InChI=1S/C14H22N2O3S/c1-5-10-16(3)20(17,18)14-7-6-13(19-4)11-12(14)8-9-15-2/h5-7,11,15H,1,8-10H2,2-4H3. The first-order valence-electron chi connectivity index (χ1n) is 6.36. The van der Waals surface area contributed by atoms with Gasteiger partial charge >= 0.3 is 0 Å². The van der Waals surface area contributed by atoms with E-state index in [1.807, 2.05) is 7.05 Å². The summed E-state index contributed by atoms with van der Waals surface area (Å²) in [5.41, 5.74) is 0.745. The van der Waals surface area contributed by atoms with Crippen molar-refractivity contribution in [2.45, 2.75) is 11.3 Å². The van der Waals surface area contributed by atoms with Crippen molar-refractivity contribution in [1.82, 2.24) is 9.62 Å². The maximum atomic E-state index is 12.5. The van der Waals surface area contributed by atoms with E-state index >= 15 is 0 Å². The first-order valence-corrected chi connectivity index (χ1v) is 7.80. The van der Waals surface area contributed by atoms with Crippen molar-refractivity contribution in [3.63, 3.8) is 0 Å². The number of sulfonamides is 1. The highest BCUT2D eigenvalue weighted by Gasteiger charge is 2.23. The third-order valence-corrected chi connectivity index (χ3v) is 4.91. The molecule has 0 saturated carbocycles. The van der Waals surface area contributed by atoms with Crippen LogP contribution in [-0.2, 0) is 16.4 Å². The van der Waals surface area contributed by atoms with E-state index in [-0.39, 0.29) is 6.54 Å². The number of nitrogens with one attached hydrogen (secondary N) is 1. The fourth-order valence-corrected chi connectivity index (χ4v) is 3.21. The molecule has 0 radical (unpaired) electrons. The number of benzene rings is 1. The van der Waals surface area contributed by atoms with Crippen LogP contribution in [0.15, 0.2) is 35.7 Å². The molecule has 112 valence electrons. The first kappa shape index (κ1) is 16.7. The topological polar surface area (TPSA) is 58.6 Å². The molecule has 0 atom stereocenters. The smallest absolute Gasteiger partial charge is 0.243 e. The van der Waals surface area contributed by atoms with Crippen LogP contribution in [0.1, 0.15) is 5.56 Å². The molecule has 0 saturated heterocycles. The lowest BCUT2D eigenvalue weighted by atomic mass is 10.1. The van der Waals surface area contributed by atoms with Crippen LogP contribution in [0, 0.1) is 0 Å². The monoisotopic (exact) mass is 298 g/mol. The van der Waals surface area contributed by atoms with Crippen molar-refractivity contribution in [1.29, 1.82) is 0 Å². The van der Waals surface area contributed by atoms with Gasteiger partial charge in [0, 0.05) is 13.6 Å². The van der Waals surface area contributed by atoms with E-state index in [0.717, 1.165) is 5.56 Å². The molecule has 0 aliphatic heterocycles. The Labute approximate surface area is 121 Å². The van der Waals surface area contributed by atoms with Gasteiger partial charge in [0.1, 0.15) is 5.75 Å². The van der Waals surface area contributed by atoms with Crippen molar-refractivity contribution in [3.05, 3.63) is 36.4 Å². The number of hydrogen-bond donors (Lipinski definition) is 1. The zero-order valence-corrected chi connectivity index (χ0v) is 13.0. The van der Waals surface area contributed by atoms with E-state index in [2.05, 4.69) is 11.9 Å². The SMILES string of the molecule is C=CCN(C)S(=O)(=O)c1ccc(OC)cc1CCNC. The summed E-state index contributed by atoms with van der Waals surface area (Å²) in [5.74, 6) is 0.654. The number of likely N-dealkylation sites (N-methyl/N-ethyl adjacent to an activating group) is 2. The van der Waals surface area contributed by atoms with Crippen LogP contribution in [0.3, 0.4) is 0 Å². The molecular formula is C14H22N2O3S. The Morgan fingerprint density at radius 1 is 1.45 bits per heavy atom. The minimum Gasteiger partial charge on any atom is -0.497 e. The average Bonchev–Trinajstić information content (AvgIpc) is 2.44. The summed E-state index contributed by atoms with van der Waals surface area (Å²) < 4.78 is 31.5. The zero-order chi connectivity index (χ0) is 15.2. The summed E-state index contributed by atoms with van der Waals surface area (Å²) in [7, 11) is 1.43. The number of ether oxygens (including phenoxy) is 1. The van der Waals surface area contributed by atoms with Crippen LogP contribution in [-0.4, -0.2) is 47.0 Å². The molecule has 6 heteroatoms. The van der Waals surface area contributed by atoms with E-state index in [4.69, 9.17) is 4.74 Å². The molecule has 1 aromatic rings. The molecule has 1 N–H and O–H groups in total. The second-order valence-electron chi connectivity index (χ2n) is 4.40. The Bertz CT molecular complexity index is 556. The Morgan fingerprint density at radius 3 is 2.70 bits per heavy atom. The van der Waals surface area contributed by atoms with Crippen molar-refractivity contribution in [2.75, 3.05) is 34.3 Å². The van der Waals surface area contributed by atoms with E-state index in [1.54, 1.807) is 38.4 Å². The third kappa shape index (κ3) is 3.82. The molecule has 20 heavy (non-hydrogen) atoms. The minimum atomic E-state index is -3.51. The quantitative estimate of drug-likeness (QED) is 0.734. The van der Waals surface area contributed by atoms with Crippen LogP contribution in [0.25, 0.3) is 0 Å². The fraction of sp³-hybridized carbons (Fsp3) is 0.429. The highest BCUT2D eigenvalue weighted by molar-refractivity contribution is 7.89. The lowest BCUT2D eigenvalue weighted by molar-refractivity contribution is 0.413. The largest absolute Gasteiger partial charge is 0.497 e. The minimum absolute atomic E-state index is 0.278. The van der Waals surface area contributed by atoms with Gasteiger partial charge in [0.15, 0.2) is 0 Å². The molecule has 1 rings (SSSR count). The Hall–Kier alpha value is -1.37. The molecular weight excluding hydrogens is 276 g/mol. The van der Waals surface area contributed by atoms with Gasteiger partial charge in [-0.15, -0.1) is 6.58 Å². The fourth-order valence-electron chi connectivity index (χ4n) is 1.84. The van der Waals surface area contributed by atoms with Gasteiger partial charge < -0.3 is 10.1 Å². The summed E-state index contributed by atoms with van der Waals surface area (Å²) >= 11 is 0. The van der Waals surface area contributed by atoms with Crippen molar-refractivity contribution in [2.24, 2.45) is 0 Å². The molecule has 0 fully saturated rings. The summed E-state index contributed by atoms with van der Waals surface area (Å²) in [6.45, 7) is 4.54. The number of rotatable bonds is 8. The normalized spacial score (nSPS) is 11.6. The molecule has 0 aliphatic rings. The molecule has 0 heterocycles. The van der Waals surface area contributed by atoms with Crippen molar-refractivity contribution in [3.8, 4) is 5.75 Å². The Kier molecular flexibility index (Phi) is 6.19. The second-order valence-corrected chi connectivity index (χ2v) is 6.41. The predicted molar refractivity (Wildman–Crippen MR) is 80.6 cm³/mol. The summed E-state index contributed by atoms with van der Waals surface area (Å²) in [4.78, 5) is 0.318. The maximum absolute atomic E-state index is 12.5. The molecule has 5 nitrogen and oxygen atoms in total. The lowest BCUT2D eigenvalue weighted by Gasteiger charge is -2.18. The summed E-state index contributed by atoms with van der Waals surface area (Å²) in [5, 5.41) is 3.02. The molecule has 0 aliphatic carbocycles. The highest BCUT2D eigenvalue weighted by Crippen LogP contribution is 2.24. The van der Waals surface area contributed by atoms with E-state index < -0.39 is 10.0 Å². The van der Waals surface area contributed by atoms with Crippen LogP contribution >= 0.6 is 0 Å². The Balaban J connectivity index is 3.24. The summed E-state index contributed by atoms with van der Waals surface area (Å²) in [6.07, 6.45) is 2.18. The maximum Gasteiger partial charge on any atom is 0.243 e. The van der Waals surface area contributed by atoms with E-state index in [1.165, 1.54) is 4.31 Å². The van der Waals surface area contributed by atoms with Gasteiger partial charge in [0.05, 0.1) is 12.0 Å². The van der Waals surface area contributed by atoms with Gasteiger partial charge in [-0.05, 0) is 43.8 Å². The van der Waals surface area contributed by atoms with Crippen LogP contribution in [0.2, 0.25) is 0 Å². The van der Waals surface area contributed by atoms with Crippen LogP contribution in [0.4, 0.5) is 0 Å². The molecule has 0 bridgehead atoms. The Morgan fingerprint density at radius 2 is 2.15 bits per heavy atom. The number of methoxy groups -OCH3 is 1. The van der Waals surface area contributed by atoms with Crippen molar-refractivity contribution < 1.29 is 13.2 Å². The second kappa shape index (κ2) is 7.42. The molecule has 0 unspecified atom stereocenters. The molecule has 0 aromatic heterocycles. The van der Waals surface area contributed by atoms with Gasteiger partial charge in [-0.25, -0.2) is 8.42 Å². The molecule has 0 amide bonds. The van der Waals surface area contributed by atoms with E-state index in [9.17, 15) is 8.42 Å². The average molecular weight is 298 g/mol. The third-order valence-electron chi connectivity index (χ3n) is 2.99. The van der Waals surface area contributed by atoms with Crippen LogP contribution in [0.5, 0.6) is 5.75 Å². The van der Waals surface area contributed by atoms with Gasteiger partial charge in [-0.3, -0.25) is 0 Å². The van der Waals surface area contributed by atoms with Crippen molar-refractivity contribution >= 4 is 10.0 Å². The van der Waals surface area contributed by atoms with Gasteiger partial charge in [-0.1, -0.05) is 6.08 Å². The highest BCUT2D eigenvalue weighted by atomic mass is 32.2. The summed E-state index contributed by atoms with van der Waals surface area (Å²) in [6, 6.07) is 5.03. The van der Waals surface area contributed by atoms with Gasteiger partial charge in [0.25, 0.3) is 0 Å². The van der Waals surface area contributed by atoms with Gasteiger partial charge in [0.2, 0.25) is 10.0 Å².